The van der Waals surface area contributed by atoms with Gasteiger partial charge in [-0.3, -0.25) is 4.99 Å². The first kappa shape index (κ1) is 12.7. The summed E-state index contributed by atoms with van der Waals surface area (Å²) in [5.74, 6) is 2.65. The summed E-state index contributed by atoms with van der Waals surface area (Å²) in [7, 11) is 3.30. The van der Waals surface area contributed by atoms with Crippen molar-refractivity contribution < 1.29 is 9.47 Å². The first-order valence-corrected chi connectivity index (χ1v) is 6.31. The van der Waals surface area contributed by atoms with Crippen molar-refractivity contribution in [2.24, 2.45) is 4.99 Å². The number of benzene rings is 1. The Morgan fingerprint density at radius 1 is 1.17 bits per heavy atom. The third-order valence-corrected chi connectivity index (χ3v) is 3.07. The zero-order valence-corrected chi connectivity index (χ0v) is 11.0. The summed E-state index contributed by atoms with van der Waals surface area (Å²) >= 11 is 0. The Kier molecular flexibility index (Phi) is 4.45. The average Bonchev–Trinajstić information content (AvgIpc) is 2.45. The van der Waals surface area contributed by atoms with E-state index in [9.17, 15) is 0 Å². The van der Waals surface area contributed by atoms with Gasteiger partial charge in [0.25, 0.3) is 0 Å². The minimum atomic E-state index is 0.760. The quantitative estimate of drug-likeness (QED) is 0.889. The van der Waals surface area contributed by atoms with Gasteiger partial charge in [-0.2, -0.15) is 0 Å². The second kappa shape index (κ2) is 6.28. The van der Waals surface area contributed by atoms with Crippen molar-refractivity contribution in [1.82, 2.24) is 5.32 Å². The maximum atomic E-state index is 5.29. The van der Waals surface area contributed by atoms with Gasteiger partial charge in [0.1, 0.15) is 0 Å². The number of nitrogens with one attached hydrogen (secondary N) is 1. The predicted octanol–water partition coefficient (Wildman–Crippen LogP) is 2.38. The average molecular weight is 248 g/mol. The molecule has 4 nitrogen and oxygen atoms in total. The molecule has 1 aliphatic rings. The van der Waals surface area contributed by atoms with Crippen molar-refractivity contribution in [2.45, 2.75) is 25.8 Å². The van der Waals surface area contributed by atoms with Crippen LogP contribution in [0.2, 0.25) is 0 Å². The lowest BCUT2D eigenvalue weighted by molar-refractivity contribution is 0.354. The lowest BCUT2D eigenvalue weighted by Crippen LogP contribution is -2.25. The maximum Gasteiger partial charge on any atom is 0.161 e. The molecule has 0 aliphatic carbocycles. The van der Waals surface area contributed by atoms with Gasteiger partial charge in [0, 0.05) is 19.5 Å². The predicted molar refractivity (Wildman–Crippen MR) is 72.5 cm³/mol. The van der Waals surface area contributed by atoms with Crippen LogP contribution in [0.3, 0.4) is 0 Å². The Morgan fingerprint density at radius 3 is 2.67 bits per heavy atom. The smallest absolute Gasteiger partial charge is 0.161 e. The highest BCUT2D eigenvalue weighted by molar-refractivity contribution is 5.82. The van der Waals surface area contributed by atoms with Crippen molar-refractivity contribution in [1.29, 1.82) is 0 Å². The van der Waals surface area contributed by atoms with Crippen LogP contribution in [0.4, 0.5) is 0 Å². The summed E-state index contributed by atoms with van der Waals surface area (Å²) in [5, 5.41) is 3.38. The van der Waals surface area contributed by atoms with E-state index in [1.807, 2.05) is 18.2 Å². The highest BCUT2D eigenvalue weighted by Crippen LogP contribution is 2.27. The van der Waals surface area contributed by atoms with E-state index < -0.39 is 0 Å². The highest BCUT2D eigenvalue weighted by atomic mass is 16.5. The van der Waals surface area contributed by atoms with E-state index in [-0.39, 0.29) is 0 Å². The molecule has 1 aromatic carbocycles. The summed E-state index contributed by atoms with van der Waals surface area (Å²) in [6.45, 7) is 1.73. The van der Waals surface area contributed by atoms with E-state index in [2.05, 4.69) is 10.3 Å². The molecule has 0 bridgehead atoms. The lowest BCUT2D eigenvalue weighted by atomic mass is 10.1. The molecule has 0 saturated carbocycles. The fourth-order valence-electron chi connectivity index (χ4n) is 2.04. The Morgan fingerprint density at radius 2 is 2.00 bits per heavy atom. The molecule has 1 heterocycles. The van der Waals surface area contributed by atoms with E-state index in [1.54, 1.807) is 14.2 Å². The van der Waals surface area contributed by atoms with Crippen LogP contribution >= 0.6 is 0 Å². The molecule has 0 fully saturated rings. The third-order valence-electron chi connectivity index (χ3n) is 3.07. The van der Waals surface area contributed by atoms with E-state index in [0.717, 1.165) is 36.8 Å². The minimum absolute atomic E-state index is 0.760. The molecule has 0 saturated heterocycles. The van der Waals surface area contributed by atoms with E-state index in [0.29, 0.717) is 0 Å². The Hall–Kier alpha value is -1.71. The molecule has 18 heavy (non-hydrogen) atoms. The van der Waals surface area contributed by atoms with Crippen LogP contribution in [0.5, 0.6) is 11.5 Å². The summed E-state index contributed by atoms with van der Waals surface area (Å²) in [6, 6.07) is 5.96. The first-order valence-electron chi connectivity index (χ1n) is 6.31. The minimum Gasteiger partial charge on any atom is -0.493 e. The van der Waals surface area contributed by atoms with Gasteiger partial charge >= 0.3 is 0 Å². The Balaban J connectivity index is 1.98. The second-order valence-corrected chi connectivity index (χ2v) is 4.33. The molecular formula is C14H20N2O2. The lowest BCUT2D eigenvalue weighted by Gasteiger charge is -2.15. The molecule has 98 valence electrons. The number of hydrogen-bond donors (Lipinski definition) is 1. The van der Waals surface area contributed by atoms with Gasteiger partial charge in [0.05, 0.1) is 20.1 Å². The van der Waals surface area contributed by atoms with Gasteiger partial charge in [-0.05, 0) is 30.5 Å². The van der Waals surface area contributed by atoms with Crippen molar-refractivity contribution in [3.05, 3.63) is 23.8 Å². The molecule has 4 heteroatoms. The number of rotatable bonds is 4. The van der Waals surface area contributed by atoms with Crippen molar-refractivity contribution >= 4 is 5.84 Å². The summed E-state index contributed by atoms with van der Waals surface area (Å²) in [6.07, 6.45) is 3.51. The molecule has 2 rings (SSSR count). The number of nitrogens with zero attached hydrogens (tertiary/aromatic N) is 1. The molecule has 0 unspecified atom stereocenters. The molecule has 0 spiro atoms. The van der Waals surface area contributed by atoms with Crippen LogP contribution in [0.1, 0.15) is 24.8 Å². The van der Waals surface area contributed by atoms with Crippen LogP contribution in [0.25, 0.3) is 0 Å². The largest absolute Gasteiger partial charge is 0.493 e. The van der Waals surface area contributed by atoms with Crippen molar-refractivity contribution in [2.75, 3.05) is 20.8 Å². The van der Waals surface area contributed by atoms with E-state index in [4.69, 9.17) is 9.47 Å². The van der Waals surface area contributed by atoms with Gasteiger partial charge < -0.3 is 14.8 Å². The maximum absolute atomic E-state index is 5.29. The Labute approximate surface area is 108 Å². The normalized spacial score (nSPS) is 14.9. The molecule has 0 radical (unpaired) electrons. The fourth-order valence-corrected chi connectivity index (χ4v) is 2.04. The number of methoxy groups -OCH3 is 2. The summed E-state index contributed by atoms with van der Waals surface area (Å²) in [4.78, 5) is 4.47. The summed E-state index contributed by atoms with van der Waals surface area (Å²) < 4.78 is 10.5. The molecule has 0 aromatic heterocycles. The molecular weight excluding hydrogens is 228 g/mol. The molecule has 1 aromatic rings. The van der Waals surface area contributed by atoms with Crippen LogP contribution in [0.15, 0.2) is 23.2 Å². The van der Waals surface area contributed by atoms with Crippen LogP contribution < -0.4 is 14.8 Å². The summed E-state index contributed by atoms with van der Waals surface area (Å²) in [5.41, 5.74) is 1.17. The third kappa shape index (κ3) is 3.15. The highest BCUT2D eigenvalue weighted by Gasteiger charge is 2.07. The first-order chi connectivity index (χ1) is 8.83. The topological polar surface area (TPSA) is 42.8 Å². The van der Waals surface area contributed by atoms with Crippen LogP contribution in [0, 0.1) is 0 Å². The number of amidine groups is 1. The van der Waals surface area contributed by atoms with Crippen molar-refractivity contribution in [3.63, 3.8) is 0 Å². The van der Waals surface area contributed by atoms with E-state index >= 15 is 0 Å². The van der Waals surface area contributed by atoms with Gasteiger partial charge in [-0.15, -0.1) is 0 Å². The SMILES string of the molecule is COc1ccc(CNC2=NCCCC2)cc1OC. The van der Waals surface area contributed by atoms with Crippen LogP contribution in [-0.4, -0.2) is 26.6 Å². The van der Waals surface area contributed by atoms with Crippen LogP contribution in [-0.2, 0) is 6.54 Å². The number of hydrogen-bond acceptors (Lipinski definition) is 4. The zero-order chi connectivity index (χ0) is 12.8. The molecule has 1 aliphatic heterocycles. The van der Waals surface area contributed by atoms with Gasteiger partial charge in [0.2, 0.25) is 0 Å². The van der Waals surface area contributed by atoms with Gasteiger partial charge in [0.15, 0.2) is 11.5 Å². The monoisotopic (exact) mass is 248 g/mol. The molecule has 1 N–H and O–H groups in total. The molecule has 0 amide bonds. The number of aliphatic imine (C=N–C) groups is 1. The fraction of sp³-hybridized carbons (Fsp3) is 0.500. The standard InChI is InChI=1S/C14H20N2O2/c1-17-12-7-6-11(9-13(12)18-2)10-16-14-5-3-4-8-15-14/h6-7,9H,3-5,8,10H2,1-2H3,(H,15,16). The number of ether oxygens (including phenoxy) is 2. The van der Waals surface area contributed by atoms with Crippen molar-refractivity contribution in [3.8, 4) is 11.5 Å². The van der Waals surface area contributed by atoms with Gasteiger partial charge in [-0.25, -0.2) is 0 Å². The zero-order valence-electron chi connectivity index (χ0n) is 11.0. The molecule has 0 atom stereocenters. The Bertz CT molecular complexity index is 430. The van der Waals surface area contributed by atoms with Gasteiger partial charge in [-0.1, -0.05) is 6.07 Å². The second-order valence-electron chi connectivity index (χ2n) is 4.33. The van der Waals surface area contributed by atoms with E-state index in [1.165, 1.54) is 18.4 Å².